The summed E-state index contributed by atoms with van der Waals surface area (Å²) in [5.74, 6) is -1.38. The summed E-state index contributed by atoms with van der Waals surface area (Å²) in [4.78, 5) is 38.6. The fourth-order valence-electron chi connectivity index (χ4n) is 3.36. The number of phenols is 1. The first-order chi connectivity index (χ1) is 15.3. The number of carbonyl (C=O) groups excluding carboxylic acids is 3. The van der Waals surface area contributed by atoms with E-state index in [9.17, 15) is 28.3 Å². The van der Waals surface area contributed by atoms with Crippen LogP contribution in [0.1, 0.15) is 23.2 Å². The Labute approximate surface area is 183 Å². The molecule has 32 heavy (non-hydrogen) atoms. The van der Waals surface area contributed by atoms with Crippen molar-refractivity contribution in [2.75, 3.05) is 25.0 Å². The van der Waals surface area contributed by atoms with E-state index < -0.39 is 12.5 Å². The molecule has 1 aliphatic heterocycles. The molecule has 3 rings (SSSR count). The van der Waals surface area contributed by atoms with E-state index in [1.165, 1.54) is 30.3 Å². The first-order valence-corrected chi connectivity index (χ1v) is 10.0. The maximum Gasteiger partial charge on any atom is 0.387 e. The van der Waals surface area contributed by atoms with Crippen molar-refractivity contribution in [1.29, 1.82) is 0 Å². The van der Waals surface area contributed by atoms with Gasteiger partial charge in [-0.2, -0.15) is 8.78 Å². The predicted octanol–water partition coefficient (Wildman–Crippen LogP) is 2.60. The summed E-state index contributed by atoms with van der Waals surface area (Å²) in [6.07, 6.45) is 0.926. The van der Waals surface area contributed by atoms with Crippen molar-refractivity contribution in [2.24, 2.45) is 5.92 Å². The minimum absolute atomic E-state index is 0.0135. The minimum atomic E-state index is -2.95. The van der Waals surface area contributed by atoms with Crippen LogP contribution >= 0.6 is 0 Å². The molecule has 0 bridgehead atoms. The van der Waals surface area contributed by atoms with Crippen LogP contribution in [0.2, 0.25) is 0 Å². The Kier molecular flexibility index (Phi) is 7.58. The number of alkyl halides is 2. The molecule has 3 amide bonds. The minimum Gasteiger partial charge on any atom is -0.506 e. The zero-order chi connectivity index (χ0) is 23.1. The molecule has 0 radical (unpaired) electrons. The zero-order valence-corrected chi connectivity index (χ0v) is 17.1. The summed E-state index contributed by atoms with van der Waals surface area (Å²) in [5, 5.41) is 15.0. The van der Waals surface area contributed by atoms with Crippen molar-refractivity contribution in [3.8, 4) is 11.5 Å². The monoisotopic (exact) mass is 447 g/mol. The van der Waals surface area contributed by atoms with Crippen molar-refractivity contribution >= 4 is 23.4 Å². The summed E-state index contributed by atoms with van der Waals surface area (Å²) in [7, 11) is 0. The lowest BCUT2D eigenvalue weighted by Crippen LogP contribution is -2.45. The number of carbonyl (C=O) groups is 3. The van der Waals surface area contributed by atoms with Gasteiger partial charge in [0.2, 0.25) is 11.8 Å². The Morgan fingerprint density at radius 1 is 1.06 bits per heavy atom. The maximum atomic E-state index is 12.4. The second kappa shape index (κ2) is 10.6. The number of para-hydroxylation sites is 2. The molecule has 1 heterocycles. The van der Waals surface area contributed by atoms with Gasteiger partial charge in [-0.3, -0.25) is 14.4 Å². The molecule has 0 aromatic heterocycles. The van der Waals surface area contributed by atoms with Gasteiger partial charge in [0.05, 0.1) is 12.2 Å². The highest BCUT2D eigenvalue weighted by molar-refractivity contribution is 5.97. The number of ether oxygens (including phenoxy) is 1. The third-order valence-electron chi connectivity index (χ3n) is 5.12. The topological polar surface area (TPSA) is 108 Å². The molecule has 1 saturated heterocycles. The van der Waals surface area contributed by atoms with Crippen LogP contribution in [-0.4, -0.2) is 54.0 Å². The van der Waals surface area contributed by atoms with Crippen molar-refractivity contribution < 1.29 is 33.0 Å². The van der Waals surface area contributed by atoms with Gasteiger partial charge in [0.15, 0.2) is 0 Å². The molecule has 0 spiro atoms. The number of hydrogen-bond acceptors (Lipinski definition) is 5. The molecule has 0 atom stereocenters. The highest BCUT2D eigenvalue weighted by Crippen LogP contribution is 2.24. The zero-order valence-electron chi connectivity index (χ0n) is 17.1. The Morgan fingerprint density at radius 2 is 1.72 bits per heavy atom. The van der Waals surface area contributed by atoms with Crippen LogP contribution in [-0.2, 0) is 9.59 Å². The number of nitrogens with one attached hydrogen (secondary N) is 2. The number of anilines is 1. The van der Waals surface area contributed by atoms with Crippen LogP contribution in [0.5, 0.6) is 11.5 Å². The van der Waals surface area contributed by atoms with Gasteiger partial charge in [-0.05, 0) is 49.2 Å². The smallest absolute Gasteiger partial charge is 0.387 e. The molecule has 3 N–H and O–H groups in total. The van der Waals surface area contributed by atoms with Gasteiger partial charge >= 0.3 is 6.61 Å². The number of aromatic hydroxyl groups is 1. The SMILES string of the molecule is O=C(NCC(=O)N1CCC(C(=O)Nc2ccccc2O)CC1)c1ccc(OC(F)F)cc1. The molecule has 10 heteroatoms. The summed E-state index contributed by atoms with van der Waals surface area (Å²) < 4.78 is 28.6. The van der Waals surface area contributed by atoms with Crippen LogP contribution in [0.25, 0.3) is 0 Å². The van der Waals surface area contributed by atoms with Crippen molar-refractivity contribution in [3.63, 3.8) is 0 Å². The van der Waals surface area contributed by atoms with E-state index in [2.05, 4.69) is 15.4 Å². The van der Waals surface area contributed by atoms with Crippen molar-refractivity contribution in [3.05, 3.63) is 54.1 Å². The van der Waals surface area contributed by atoms with Gasteiger partial charge in [-0.25, -0.2) is 0 Å². The molecule has 2 aromatic rings. The van der Waals surface area contributed by atoms with Crippen LogP contribution < -0.4 is 15.4 Å². The average molecular weight is 447 g/mol. The van der Waals surface area contributed by atoms with Crippen LogP contribution in [0.3, 0.4) is 0 Å². The van der Waals surface area contributed by atoms with E-state index >= 15 is 0 Å². The second-order valence-corrected chi connectivity index (χ2v) is 7.25. The molecule has 8 nitrogen and oxygen atoms in total. The van der Waals surface area contributed by atoms with Gasteiger partial charge in [0, 0.05) is 24.6 Å². The molecular formula is C22H23F2N3O5. The summed E-state index contributed by atoms with van der Waals surface area (Å²) in [6, 6.07) is 11.6. The summed E-state index contributed by atoms with van der Waals surface area (Å²) in [5.41, 5.74) is 0.548. The van der Waals surface area contributed by atoms with E-state index in [-0.39, 0.29) is 41.3 Å². The molecule has 0 aliphatic carbocycles. The quantitative estimate of drug-likeness (QED) is 0.566. The lowest BCUT2D eigenvalue weighted by molar-refractivity contribution is -0.133. The van der Waals surface area contributed by atoms with Gasteiger partial charge in [-0.1, -0.05) is 12.1 Å². The van der Waals surface area contributed by atoms with Crippen LogP contribution in [0.15, 0.2) is 48.5 Å². The maximum absolute atomic E-state index is 12.4. The number of phenolic OH excluding ortho intramolecular Hbond substituents is 1. The Morgan fingerprint density at radius 3 is 2.34 bits per heavy atom. The fourth-order valence-corrected chi connectivity index (χ4v) is 3.36. The molecule has 1 aliphatic rings. The lowest BCUT2D eigenvalue weighted by Gasteiger charge is -2.31. The normalized spacial score (nSPS) is 14.2. The fraction of sp³-hybridized carbons (Fsp3) is 0.318. The number of benzene rings is 2. The third kappa shape index (κ3) is 6.16. The Balaban J connectivity index is 1.42. The number of rotatable bonds is 7. The van der Waals surface area contributed by atoms with E-state index in [4.69, 9.17) is 0 Å². The predicted molar refractivity (Wildman–Crippen MR) is 111 cm³/mol. The van der Waals surface area contributed by atoms with Crippen molar-refractivity contribution in [2.45, 2.75) is 19.5 Å². The molecule has 1 fully saturated rings. The number of halogens is 2. The van der Waals surface area contributed by atoms with E-state index in [1.807, 2.05) is 0 Å². The van der Waals surface area contributed by atoms with E-state index in [1.54, 1.807) is 23.1 Å². The number of piperidine rings is 1. The Bertz CT molecular complexity index is 960. The van der Waals surface area contributed by atoms with Crippen molar-refractivity contribution in [1.82, 2.24) is 10.2 Å². The molecule has 2 aromatic carbocycles. The number of likely N-dealkylation sites (tertiary alicyclic amines) is 1. The molecule has 0 saturated carbocycles. The highest BCUT2D eigenvalue weighted by atomic mass is 19.3. The number of amides is 3. The van der Waals surface area contributed by atoms with Gasteiger partial charge in [-0.15, -0.1) is 0 Å². The second-order valence-electron chi connectivity index (χ2n) is 7.25. The van der Waals surface area contributed by atoms with E-state index in [0.717, 1.165) is 0 Å². The molecule has 170 valence electrons. The van der Waals surface area contributed by atoms with Crippen LogP contribution in [0.4, 0.5) is 14.5 Å². The number of hydrogen-bond donors (Lipinski definition) is 3. The standard InChI is InChI=1S/C22H23F2N3O5/c23-22(24)32-16-7-5-14(6-8-16)20(30)25-13-19(29)27-11-9-15(10-12-27)21(31)26-17-3-1-2-4-18(17)28/h1-8,15,22,28H,9-13H2,(H,25,30)(H,26,31). The highest BCUT2D eigenvalue weighted by Gasteiger charge is 2.27. The van der Waals surface area contributed by atoms with E-state index in [0.29, 0.717) is 31.6 Å². The Hall–Kier alpha value is -3.69. The summed E-state index contributed by atoms with van der Waals surface area (Å²) in [6.45, 7) is -2.43. The molecule has 0 unspecified atom stereocenters. The van der Waals surface area contributed by atoms with Gasteiger partial charge < -0.3 is 25.4 Å². The third-order valence-corrected chi connectivity index (χ3v) is 5.12. The van der Waals surface area contributed by atoms with Gasteiger partial charge in [0.25, 0.3) is 5.91 Å². The van der Waals surface area contributed by atoms with Crippen LogP contribution in [0, 0.1) is 5.92 Å². The number of nitrogens with zero attached hydrogens (tertiary/aromatic N) is 1. The first-order valence-electron chi connectivity index (χ1n) is 10.0. The summed E-state index contributed by atoms with van der Waals surface area (Å²) >= 11 is 0. The van der Waals surface area contributed by atoms with Gasteiger partial charge in [0.1, 0.15) is 11.5 Å². The largest absolute Gasteiger partial charge is 0.506 e. The average Bonchev–Trinajstić information content (AvgIpc) is 2.79. The molecular weight excluding hydrogens is 424 g/mol. The lowest BCUT2D eigenvalue weighted by atomic mass is 9.95. The first kappa shape index (κ1) is 23.0.